The maximum Gasteiger partial charge on any atom is 0.303 e. The van der Waals surface area contributed by atoms with E-state index >= 15 is 0 Å². The molecule has 0 saturated carbocycles. The van der Waals surface area contributed by atoms with Crippen LogP contribution in [-0.2, 0) is 9.59 Å². The smallest absolute Gasteiger partial charge is 0.303 e. The number of benzene rings is 2. The maximum absolute atomic E-state index is 13.2. The molecule has 2 aliphatic heterocycles. The largest absolute Gasteiger partial charge is 0.481 e. The molecule has 1 amide bonds. The number of thiocarbonyl (C=S) groups is 1. The number of para-hydroxylation sites is 1. The van der Waals surface area contributed by atoms with Crippen molar-refractivity contribution in [3.63, 3.8) is 0 Å². The van der Waals surface area contributed by atoms with Crippen molar-refractivity contribution in [1.82, 2.24) is 4.90 Å². The van der Waals surface area contributed by atoms with Gasteiger partial charge in [0.05, 0.1) is 4.91 Å². The molecule has 7 heteroatoms. The number of unbranched alkanes of at least 4 members (excludes halogenated alkanes) is 7. The molecule has 1 N–H and O–H groups in total. The second kappa shape index (κ2) is 13.6. The highest BCUT2D eigenvalue weighted by molar-refractivity contribution is 8.26. The fourth-order valence-corrected chi connectivity index (χ4v) is 5.92. The number of hydrogen-bond acceptors (Lipinski definition) is 5. The normalized spacial score (nSPS) is 18.1. The molecule has 0 aliphatic carbocycles. The first kappa shape index (κ1) is 27.1. The number of carbonyl (C=O) groups excluding carboxylic acids is 1. The first-order valence-electron chi connectivity index (χ1n) is 13.0. The van der Waals surface area contributed by atoms with Gasteiger partial charge in [-0.2, -0.15) is 0 Å². The van der Waals surface area contributed by atoms with Gasteiger partial charge in [-0.15, -0.1) is 0 Å². The highest BCUT2D eigenvalue weighted by Gasteiger charge is 2.33. The van der Waals surface area contributed by atoms with E-state index in [0.29, 0.717) is 15.8 Å². The van der Waals surface area contributed by atoms with Gasteiger partial charge < -0.3 is 9.84 Å². The van der Waals surface area contributed by atoms with Crippen LogP contribution in [0.2, 0.25) is 0 Å². The number of ether oxygens (including phenoxy) is 1. The summed E-state index contributed by atoms with van der Waals surface area (Å²) in [5, 5.41) is 8.68. The highest BCUT2D eigenvalue weighted by Crippen LogP contribution is 2.40. The van der Waals surface area contributed by atoms with Crippen LogP contribution >= 0.6 is 24.0 Å². The number of carboxylic acids is 1. The Bertz CT molecular complexity index is 1180. The number of fused-ring (bicyclic) bond motifs is 1. The first-order chi connectivity index (χ1) is 18.0. The summed E-state index contributed by atoms with van der Waals surface area (Å²) in [7, 11) is 0. The van der Waals surface area contributed by atoms with Gasteiger partial charge in [-0.05, 0) is 42.2 Å². The topological polar surface area (TPSA) is 66.8 Å². The molecule has 1 atom stereocenters. The van der Waals surface area contributed by atoms with E-state index in [1.807, 2.05) is 60.7 Å². The zero-order valence-electron chi connectivity index (χ0n) is 20.9. The van der Waals surface area contributed by atoms with E-state index in [0.717, 1.165) is 73.8 Å². The van der Waals surface area contributed by atoms with Crippen molar-refractivity contribution in [3.8, 4) is 5.75 Å². The van der Waals surface area contributed by atoms with Gasteiger partial charge >= 0.3 is 5.97 Å². The number of carboxylic acid groups (broad SMARTS) is 1. The molecule has 0 radical (unpaired) electrons. The Balaban J connectivity index is 1.32. The first-order valence-corrected chi connectivity index (χ1v) is 14.2. The lowest BCUT2D eigenvalue weighted by Gasteiger charge is -2.26. The Labute approximate surface area is 228 Å². The van der Waals surface area contributed by atoms with Crippen LogP contribution in [0.5, 0.6) is 5.75 Å². The minimum absolute atomic E-state index is 0.0278. The molecule has 0 spiro atoms. The molecule has 194 valence electrons. The van der Waals surface area contributed by atoms with E-state index in [1.54, 1.807) is 4.90 Å². The van der Waals surface area contributed by atoms with E-state index in [2.05, 4.69) is 6.08 Å². The van der Waals surface area contributed by atoms with Gasteiger partial charge in [-0.3, -0.25) is 14.5 Å². The Morgan fingerprint density at radius 3 is 2.32 bits per heavy atom. The van der Waals surface area contributed by atoms with Gasteiger partial charge in [0.15, 0.2) is 0 Å². The van der Waals surface area contributed by atoms with Crippen LogP contribution in [-0.4, -0.2) is 32.7 Å². The van der Waals surface area contributed by atoms with Crippen molar-refractivity contribution in [2.75, 3.05) is 6.54 Å². The summed E-state index contributed by atoms with van der Waals surface area (Å²) in [6.45, 7) is 0.640. The quantitative estimate of drug-likeness (QED) is 0.162. The van der Waals surface area contributed by atoms with Crippen LogP contribution in [0, 0.1) is 0 Å². The van der Waals surface area contributed by atoms with Crippen LogP contribution in [0.3, 0.4) is 0 Å². The number of hydrogen-bond donors (Lipinski definition) is 1. The SMILES string of the molecule is O=C(O)CCCCCCCCCCN1C(=O)/C(=C/C2=Cc3ccccc3OC2c2ccccc2)SC1=S. The van der Waals surface area contributed by atoms with Crippen LogP contribution in [0.4, 0.5) is 0 Å². The lowest BCUT2D eigenvalue weighted by Crippen LogP contribution is -2.29. The molecule has 0 aromatic heterocycles. The van der Waals surface area contributed by atoms with E-state index in [1.165, 1.54) is 11.8 Å². The Hall–Kier alpha value is -2.90. The molecule has 2 heterocycles. The molecule has 4 rings (SSSR count). The van der Waals surface area contributed by atoms with Crippen molar-refractivity contribution in [3.05, 3.63) is 82.3 Å². The molecular weight excluding hydrogens is 502 g/mol. The van der Waals surface area contributed by atoms with Gasteiger partial charge in [0.25, 0.3) is 5.91 Å². The van der Waals surface area contributed by atoms with Gasteiger partial charge in [-0.1, -0.05) is 111 Å². The summed E-state index contributed by atoms with van der Waals surface area (Å²) < 4.78 is 6.98. The monoisotopic (exact) mass is 535 g/mol. The van der Waals surface area contributed by atoms with E-state index < -0.39 is 5.97 Å². The van der Waals surface area contributed by atoms with Crippen molar-refractivity contribution in [2.45, 2.75) is 63.9 Å². The molecular formula is C30H33NO4S2. The van der Waals surface area contributed by atoms with Gasteiger partial charge in [0, 0.05) is 18.5 Å². The average molecular weight is 536 g/mol. The second-order valence-electron chi connectivity index (χ2n) is 9.40. The Morgan fingerprint density at radius 2 is 1.59 bits per heavy atom. The van der Waals surface area contributed by atoms with E-state index in [-0.39, 0.29) is 18.4 Å². The van der Waals surface area contributed by atoms with E-state index in [4.69, 9.17) is 22.1 Å². The molecule has 0 bridgehead atoms. The summed E-state index contributed by atoms with van der Waals surface area (Å²) in [5.74, 6) is 0.0944. The molecule has 37 heavy (non-hydrogen) atoms. The van der Waals surface area contributed by atoms with Crippen LogP contribution in [0.25, 0.3) is 6.08 Å². The number of amides is 1. The van der Waals surface area contributed by atoms with Gasteiger partial charge in [0.1, 0.15) is 16.2 Å². The number of aliphatic carboxylic acids is 1. The van der Waals surface area contributed by atoms with E-state index in [9.17, 15) is 9.59 Å². The molecule has 2 aromatic rings. The fourth-order valence-electron chi connectivity index (χ4n) is 4.61. The predicted octanol–water partition coefficient (Wildman–Crippen LogP) is 7.54. The minimum Gasteiger partial charge on any atom is -0.481 e. The van der Waals surface area contributed by atoms with Gasteiger partial charge in [0.2, 0.25) is 0 Å². The molecule has 1 unspecified atom stereocenters. The third kappa shape index (κ3) is 7.55. The highest BCUT2D eigenvalue weighted by atomic mass is 32.2. The van der Waals surface area contributed by atoms with Crippen LogP contribution in [0.1, 0.15) is 75.0 Å². The molecule has 1 fully saturated rings. The third-order valence-electron chi connectivity index (χ3n) is 6.58. The second-order valence-corrected chi connectivity index (χ2v) is 11.1. The number of rotatable bonds is 13. The zero-order chi connectivity index (χ0) is 26.0. The minimum atomic E-state index is -0.712. The predicted molar refractivity (Wildman–Crippen MR) is 153 cm³/mol. The van der Waals surface area contributed by atoms with Crippen molar-refractivity contribution < 1.29 is 19.4 Å². The summed E-state index contributed by atoms with van der Waals surface area (Å²) >= 11 is 6.93. The number of thioether (sulfide) groups is 1. The summed E-state index contributed by atoms with van der Waals surface area (Å²) in [4.78, 5) is 26.2. The lowest BCUT2D eigenvalue weighted by atomic mass is 9.95. The molecule has 2 aromatic carbocycles. The zero-order valence-corrected chi connectivity index (χ0v) is 22.6. The number of carbonyl (C=O) groups is 2. The maximum atomic E-state index is 13.2. The Morgan fingerprint density at radius 1 is 0.946 bits per heavy atom. The van der Waals surface area contributed by atoms with Crippen molar-refractivity contribution >= 4 is 46.3 Å². The standard InChI is InChI=1S/C30H33NO4S2/c32-27(33)18-10-5-3-1-2-4-6-13-19-31-29(34)26(37-30(31)36)21-24-20-23-16-11-12-17-25(23)35-28(24)22-14-8-7-9-15-22/h7-9,11-12,14-17,20-21,28H,1-6,10,13,18-19H2,(H,32,33)/b26-21-. The number of nitrogens with zero attached hydrogens (tertiary/aromatic N) is 1. The van der Waals surface area contributed by atoms with Crippen molar-refractivity contribution in [2.24, 2.45) is 0 Å². The molecule has 1 saturated heterocycles. The lowest BCUT2D eigenvalue weighted by molar-refractivity contribution is -0.137. The average Bonchev–Trinajstić information content (AvgIpc) is 3.16. The summed E-state index contributed by atoms with van der Waals surface area (Å²) in [6, 6.07) is 18.0. The Kier molecular flexibility index (Phi) is 9.97. The van der Waals surface area contributed by atoms with Crippen LogP contribution < -0.4 is 4.74 Å². The molecule has 5 nitrogen and oxygen atoms in total. The fraction of sp³-hybridized carbons (Fsp3) is 0.367. The summed E-state index contributed by atoms with van der Waals surface area (Å²) in [6.07, 6.45) is 12.2. The van der Waals surface area contributed by atoms with Crippen molar-refractivity contribution in [1.29, 1.82) is 0 Å². The third-order valence-corrected chi connectivity index (χ3v) is 7.96. The summed E-state index contributed by atoms with van der Waals surface area (Å²) in [5.41, 5.74) is 2.98. The van der Waals surface area contributed by atoms with Gasteiger partial charge in [-0.25, -0.2) is 0 Å². The molecule has 2 aliphatic rings. The van der Waals surface area contributed by atoms with Crippen LogP contribution in [0.15, 0.2) is 71.2 Å².